The zero-order valence-electron chi connectivity index (χ0n) is 8.70. The number of alkyl halides is 1. The van der Waals surface area contributed by atoms with Crippen molar-refractivity contribution in [2.45, 2.75) is 26.4 Å². The van der Waals surface area contributed by atoms with E-state index in [0.717, 1.165) is 12.0 Å². The molecule has 0 bridgehead atoms. The van der Waals surface area contributed by atoms with Crippen molar-refractivity contribution in [3.05, 3.63) is 35.4 Å². The molecule has 14 heavy (non-hydrogen) atoms. The molecule has 0 amide bonds. The SMILES string of the molecule is CC(C)Cc1ccc([C@@H](O)CCl)cc1. The van der Waals surface area contributed by atoms with Crippen LogP contribution in [-0.4, -0.2) is 11.0 Å². The van der Waals surface area contributed by atoms with E-state index in [4.69, 9.17) is 11.6 Å². The quantitative estimate of drug-likeness (QED) is 0.761. The van der Waals surface area contributed by atoms with Gasteiger partial charge in [0, 0.05) is 0 Å². The third-order valence-electron chi connectivity index (χ3n) is 2.15. The first-order valence-corrected chi connectivity index (χ1v) is 5.49. The Hall–Kier alpha value is -0.530. The van der Waals surface area contributed by atoms with Crippen LogP contribution in [0.3, 0.4) is 0 Å². The van der Waals surface area contributed by atoms with Crippen LogP contribution in [0.1, 0.15) is 31.1 Å². The molecule has 0 aliphatic heterocycles. The lowest BCUT2D eigenvalue weighted by atomic mass is 10.0. The van der Waals surface area contributed by atoms with Crippen LogP contribution in [-0.2, 0) is 6.42 Å². The van der Waals surface area contributed by atoms with E-state index in [9.17, 15) is 5.11 Å². The van der Waals surface area contributed by atoms with Gasteiger partial charge in [-0.3, -0.25) is 0 Å². The van der Waals surface area contributed by atoms with Crippen molar-refractivity contribution in [1.29, 1.82) is 0 Å². The van der Waals surface area contributed by atoms with E-state index in [-0.39, 0.29) is 5.88 Å². The first kappa shape index (κ1) is 11.5. The number of rotatable bonds is 4. The van der Waals surface area contributed by atoms with Crippen LogP contribution < -0.4 is 0 Å². The van der Waals surface area contributed by atoms with Gasteiger partial charge in [-0.1, -0.05) is 38.1 Å². The lowest BCUT2D eigenvalue weighted by molar-refractivity contribution is 0.202. The summed E-state index contributed by atoms with van der Waals surface area (Å²) in [5, 5.41) is 9.47. The minimum atomic E-state index is -0.537. The van der Waals surface area contributed by atoms with E-state index in [2.05, 4.69) is 26.0 Å². The predicted molar refractivity (Wildman–Crippen MR) is 60.7 cm³/mol. The van der Waals surface area contributed by atoms with Gasteiger partial charge >= 0.3 is 0 Å². The van der Waals surface area contributed by atoms with Crippen LogP contribution in [0.4, 0.5) is 0 Å². The molecule has 0 radical (unpaired) electrons. The van der Waals surface area contributed by atoms with Gasteiger partial charge < -0.3 is 5.11 Å². The number of aliphatic hydroxyl groups is 1. The van der Waals surface area contributed by atoms with Crippen molar-refractivity contribution in [2.24, 2.45) is 5.92 Å². The smallest absolute Gasteiger partial charge is 0.0925 e. The van der Waals surface area contributed by atoms with E-state index in [1.165, 1.54) is 5.56 Å². The molecule has 0 heterocycles. The summed E-state index contributed by atoms with van der Waals surface area (Å²) in [7, 11) is 0. The predicted octanol–water partition coefficient (Wildman–Crippen LogP) is 3.16. The van der Waals surface area contributed by atoms with Gasteiger partial charge in [-0.15, -0.1) is 11.6 Å². The maximum absolute atomic E-state index is 9.47. The zero-order chi connectivity index (χ0) is 10.6. The summed E-state index contributed by atoms with van der Waals surface area (Å²) < 4.78 is 0. The normalized spacial score (nSPS) is 13.2. The largest absolute Gasteiger partial charge is 0.387 e. The van der Waals surface area contributed by atoms with Crippen molar-refractivity contribution in [1.82, 2.24) is 0 Å². The Balaban J connectivity index is 2.68. The number of benzene rings is 1. The second-order valence-corrected chi connectivity index (χ2v) is 4.32. The fraction of sp³-hybridized carbons (Fsp3) is 0.500. The monoisotopic (exact) mass is 212 g/mol. The van der Waals surface area contributed by atoms with Crippen LogP contribution in [0.2, 0.25) is 0 Å². The Morgan fingerprint density at radius 3 is 2.21 bits per heavy atom. The molecule has 1 aromatic carbocycles. The van der Waals surface area contributed by atoms with Gasteiger partial charge in [0.15, 0.2) is 0 Å². The van der Waals surface area contributed by atoms with Gasteiger partial charge in [0.2, 0.25) is 0 Å². The molecule has 78 valence electrons. The molecule has 1 N–H and O–H groups in total. The fourth-order valence-electron chi connectivity index (χ4n) is 1.44. The first-order chi connectivity index (χ1) is 6.63. The minimum absolute atomic E-state index is 0.253. The molecule has 1 rings (SSSR count). The van der Waals surface area contributed by atoms with Gasteiger partial charge in [-0.05, 0) is 23.5 Å². The number of aliphatic hydroxyl groups excluding tert-OH is 1. The van der Waals surface area contributed by atoms with E-state index >= 15 is 0 Å². The molecule has 2 heteroatoms. The summed E-state index contributed by atoms with van der Waals surface area (Å²) in [5.74, 6) is 0.919. The standard InChI is InChI=1S/C12H17ClO/c1-9(2)7-10-3-5-11(6-4-10)12(14)8-13/h3-6,9,12,14H,7-8H2,1-2H3/t12-/m0/s1. The fourth-order valence-corrected chi connectivity index (χ4v) is 1.61. The molecule has 1 aromatic rings. The van der Waals surface area contributed by atoms with Gasteiger partial charge in [0.1, 0.15) is 0 Å². The van der Waals surface area contributed by atoms with Gasteiger partial charge in [0.05, 0.1) is 12.0 Å². The van der Waals surface area contributed by atoms with E-state index in [1.54, 1.807) is 0 Å². The highest BCUT2D eigenvalue weighted by Gasteiger charge is 2.05. The van der Waals surface area contributed by atoms with E-state index in [0.29, 0.717) is 5.92 Å². The molecule has 0 saturated carbocycles. The summed E-state index contributed by atoms with van der Waals surface area (Å²) in [6.45, 7) is 4.39. The Morgan fingerprint density at radius 2 is 1.79 bits per heavy atom. The first-order valence-electron chi connectivity index (χ1n) is 4.96. The minimum Gasteiger partial charge on any atom is -0.387 e. The summed E-state index contributed by atoms with van der Waals surface area (Å²) in [4.78, 5) is 0. The van der Waals surface area contributed by atoms with Crippen LogP contribution in [0.15, 0.2) is 24.3 Å². The van der Waals surface area contributed by atoms with Crippen LogP contribution >= 0.6 is 11.6 Å². The average molecular weight is 213 g/mol. The molecule has 0 fully saturated rings. The Labute approximate surface area is 90.7 Å². The van der Waals surface area contributed by atoms with Gasteiger partial charge in [0.25, 0.3) is 0 Å². The van der Waals surface area contributed by atoms with Crippen LogP contribution in [0.25, 0.3) is 0 Å². The number of halogens is 1. The molecule has 1 atom stereocenters. The Kier molecular flexibility index (Phi) is 4.43. The van der Waals surface area contributed by atoms with Crippen molar-refractivity contribution >= 4 is 11.6 Å². The Bertz CT molecular complexity index is 266. The van der Waals surface area contributed by atoms with Crippen molar-refractivity contribution in [3.8, 4) is 0 Å². The molecular formula is C12H17ClO. The highest BCUT2D eigenvalue weighted by molar-refractivity contribution is 6.18. The molecule has 0 unspecified atom stereocenters. The molecule has 0 saturated heterocycles. The lowest BCUT2D eigenvalue weighted by Crippen LogP contribution is -1.99. The number of hydrogen-bond donors (Lipinski definition) is 1. The molecule has 1 nitrogen and oxygen atoms in total. The maximum Gasteiger partial charge on any atom is 0.0925 e. The van der Waals surface area contributed by atoms with Crippen LogP contribution in [0, 0.1) is 5.92 Å². The average Bonchev–Trinajstić information content (AvgIpc) is 2.17. The second-order valence-electron chi connectivity index (χ2n) is 4.01. The molecule has 0 aromatic heterocycles. The maximum atomic E-state index is 9.47. The van der Waals surface area contributed by atoms with Gasteiger partial charge in [-0.25, -0.2) is 0 Å². The van der Waals surface area contributed by atoms with Crippen LogP contribution in [0.5, 0.6) is 0 Å². The molecule has 0 aliphatic carbocycles. The summed E-state index contributed by atoms with van der Waals surface area (Å²) in [6.07, 6.45) is 0.543. The zero-order valence-corrected chi connectivity index (χ0v) is 9.46. The third kappa shape index (κ3) is 3.32. The number of hydrogen-bond acceptors (Lipinski definition) is 1. The third-order valence-corrected chi connectivity index (χ3v) is 2.45. The van der Waals surface area contributed by atoms with Crippen molar-refractivity contribution in [2.75, 3.05) is 5.88 Å². The van der Waals surface area contributed by atoms with Gasteiger partial charge in [-0.2, -0.15) is 0 Å². The second kappa shape index (κ2) is 5.38. The van der Waals surface area contributed by atoms with E-state index in [1.807, 2.05) is 12.1 Å². The topological polar surface area (TPSA) is 20.2 Å². The van der Waals surface area contributed by atoms with Crippen molar-refractivity contribution in [3.63, 3.8) is 0 Å². The lowest BCUT2D eigenvalue weighted by Gasteiger charge is -2.09. The molecule has 0 spiro atoms. The highest BCUT2D eigenvalue weighted by Crippen LogP contribution is 2.16. The molecule has 0 aliphatic rings. The molecular weight excluding hydrogens is 196 g/mol. The van der Waals surface area contributed by atoms with Crippen molar-refractivity contribution < 1.29 is 5.11 Å². The summed E-state index contributed by atoms with van der Waals surface area (Å²) >= 11 is 5.56. The Morgan fingerprint density at radius 1 is 1.21 bits per heavy atom. The summed E-state index contributed by atoms with van der Waals surface area (Å²) in [5.41, 5.74) is 2.21. The highest BCUT2D eigenvalue weighted by atomic mass is 35.5. The van der Waals surface area contributed by atoms with E-state index < -0.39 is 6.10 Å². The summed E-state index contributed by atoms with van der Waals surface area (Å²) in [6, 6.07) is 8.02.